The van der Waals surface area contributed by atoms with Crippen LogP contribution in [0.1, 0.15) is 28.1 Å². The van der Waals surface area contributed by atoms with Crippen molar-refractivity contribution in [2.45, 2.75) is 17.7 Å². The highest BCUT2D eigenvalue weighted by atomic mass is 32.1. The second-order valence-corrected chi connectivity index (χ2v) is 5.84. The van der Waals surface area contributed by atoms with Crippen molar-refractivity contribution in [1.29, 1.82) is 5.26 Å². The number of thiol groups is 1. The van der Waals surface area contributed by atoms with E-state index < -0.39 is 0 Å². The molecule has 0 saturated heterocycles. The maximum atomic E-state index is 9.37. The number of aromatic nitrogens is 1. The van der Waals surface area contributed by atoms with Crippen LogP contribution >= 0.6 is 12.6 Å². The van der Waals surface area contributed by atoms with E-state index in [1.807, 2.05) is 42.5 Å². The molecule has 0 aliphatic carbocycles. The average molecular weight is 316 g/mol. The largest absolute Gasteiger partial charge is 0.256 e. The molecule has 0 atom stereocenters. The van der Waals surface area contributed by atoms with Gasteiger partial charge in [0.25, 0.3) is 0 Å². The Bertz CT molecular complexity index is 837. The van der Waals surface area contributed by atoms with Gasteiger partial charge in [0, 0.05) is 23.4 Å². The molecule has 3 rings (SSSR count). The minimum Gasteiger partial charge on any atom is -0.256 e. The van der Waals surface area contributed by atoms with Crippen LogP contribution in [0.5, 0.6) is 0 Å². The van der Waals surface area contributed by atoms with Crippen LogP contribution in [-0.4, -0.2) is 4.98 Å². The predicted octanol–water partition coefficient (Wildman–Crippen LogP) is 4.42. The molecular formula is C20H16N2S. The van der Waals surface area contributed by atoms with Gasteiger partial charge in [0.15, 0.2) is 0 Å². The van der Waals surface area contributed by atoms with Crippen molar-refractivity contribution in [3.63, 3.8) is 0 Å². The second-order valence-electron chi connectivity index (χ2n) is 5.39. The lowest BCUT2D eigenvalue weighted by Crippen LogP contribution is -2.02. The minimum atomic E-state index is 0.584. The first-order chi connectivity index (χ1) is 11.3. The Morgan fingerprint density at radius 3 is 2.00 bits per heavy atom. The van der Waals surface area contributed by atoms with Crippen LogP contribution in [0.4, 0.5) is 0 Å². The first-order valence-electron chi connectivity index (χ1n) is 7.46. The van der Waals surface area contributed by atoms with Crippen molar-refractivity contribution >= 4 is 12.6 Å². The van der Waals surface area contributed by atoms with E-state index in [4.69, 9.17) is 4.98 Å². The molecule has 0 fully saturated rings. The smallest absolute Gasteiger partial charge is 0.100 e. The van der Waals surface area contributed by atoms with E-state index in [0.717, 1.165) is 17.0 Å². The summed E-state index contributed by atoms with van der Waals surface area (Å²) in [6.07, 6.45) is 1.39. The Balaban J connectivity index is 1.95. The topological polar surface area (TPSA) is 36.7 Å². The normalized spacial score (nSPS) is 10.3. The predicted molar refractivity (Wildman–Crippen MR) is 94.7 cm³/mol. The molecule has 0 bridgehead atoms. The van der Waals surface area contributed by atoms with E-state index in [1.54, 1.807) is 0 Å². The van der Waals surface area contributed by atoms with Crippen LogP contribution < -0.4 is 0 Å². The molecule has 0 spiro atoms. The van der Waals surface area contributed by atoms with Crippen molar-refractivity contribution in [2.24, 2.45) is 0 Å². The van der Waals surface area contributed by atoms with E-state index >= 15 is 0 Å². The molecule has 0 aliphatic rings. The van der Waals surface area contributed by atoms with E-state index in [1.165, 1.54) is 5.56 Å². The van der Waals surface area contributed by atoms with Gasteiger partial charge in [0.1, 0.15) is 6.07 Å². The first kappa shape index (κ1) is 15.3. The van der Waals surface area contributed by atoms with E-state index in [-0.39, 0.29) is 0 Å². The number of pyridine rings is 1. The van der Waals surface area contributed by atoms with Crippen molar-refractivity contribution in [2.75, 3.05) is 0 Å². The molecular weight excluding hydrogens is 300 g/mol. The lowest BCUT2D eigenvalue weighted by molar-refractivity contribution is 0.946. The molecule has 0 saturated carbocycles. The van der Waals surface area contributed by atoms with Crippen LogP contribution in [0, 0.1) is 11.3 Å². The fourth-order valence-electron chi connectivity index (χ4n) is 2.54. The molecule has 112 valence electrons. The zero-order valence-corrected chi connectivity index (χ0v) is 13.5. The molecule has 3 heteroatoms. The zero-order chi connectivity index (χ0) is 16.1. The number of rotatable bonds is 4. The fraction of sp³-hybridized carbons (Fsp3) is 0.100. The van der Waals surface area contributed by atoms with Crippen LogP contribution in [0.15, 0.2) is 71.6 Å². The molecule has 2 aromatic carbocycles. The Kier molecular flexibility index (Phi) is 4.75. The average Bonchev–Trinajstić information content (AvgIpc) is 2.59. The molecule has 0 unspecified atom stereocenters. The van der Waals surface area contributed by atoms with Gasteiger partial charge in [-0.2, -0.15) is 5.26 Å². The molecule has 23 heavy (non-hydrogen) atoms. The minimum absolute atomic E-state index is 0.584. The van der Waals surface area contributed by atoms with Gasteiger partial charge in [-0.15, -0.1) is 12.6 Å². The second kappa shape index (κ2) is 7.13. The summed E-state index contributed by atoms with van der Waals surface area (Å²) in [5, 5.41) is 9.37. The Morgan fingerprint density at radius 1 is 0.870 bits per heavy atom. The molecule has 0 aliphatic heterocycles. The van der Waals surface area contributed by atoms with Crippen molar-refractivity contribution < 1.29 is 0 Å². The highest BCUT2D eigenvalue weighted by Crippen LogP contribution is 2.22. The first-order valence-corrected chi connectivity index (χ1v) is 7.90. The molecule has 0 amide bonds. The summed E-state index contributed by atoms with van der Waals surface area (Å²) < 4.78 is 0. The number of hydrogen-bond donors (Lipinski definition) is 1. The van der Waals surface area contributed by atoms with Crippen LogP contribution in [-0.2, 0) is 12.8 Å². The number of nitrogens with zero attached hydrogens (tertiary/aromatic N) is 2. The van der Waals surface area contributed by atoms with Gasteiger partial charge in [-0.25, -0.2) is 0 Å². The van der Waals surface area contributed by atoms with Crippen molar-refractivity contribution in [3.8, 4) is 6.07 Å². The Labute approximate surface area is 141 Å². The third-order valence-corrected chi connectivity index (χ3v) is 4.18. The van der Waals surface area contributed by atoms with Gasteiger partial charge in [0.05, 0.1) is 11.3 Å². The standard InChI is InChI=1S/C20H16N2S/c21-14-17-13-18(11-15-7-3-1-4-8-15)22-19(20(17)23)12-16-9-5-2-6-10-16/h1-10,13,23H,11-12H2. The number of hydrogen-bond acceptors (Lipinski definition) is 3. The number of nitriles is 1. The highest BCUT2D eigenvalue weighted by molar-refractivity contribution is 7.80. The van der Waals surface area contributed by atoms with Gasteiger partial charge in [-0.3, -0.25) is 4.98 Å². The van der Waals surface area contributed by atoms with Gasteiger partial charge in [-0.05, 0) is 17.2 Å². The summed E-state index contributed by atoms with van der Waals surface area (Å²) in [6, 6.07) is 24.4. The molecule has 2 nitrogen and oxygen atoms in total. The quantitative estimate of drug-likeness (QED) is 0.723. The van der Waals surface area contributed by atoms with Crippen molar-refractivity contribution in [1.82, 2.24) is 4.98 Å². The fourth-order valence-corrected chi connectivity index (χ4v) is 2.79. The van der Waals surface area contributed by atoms with E-state index in [9.17, 15) is 5.26 Å². The SMILES string of the molecule is N#Cc1cc(Cc2ccccc2)nc(Cc2ccccc2)c1S. The van der Waals surface area contributed by atoms with Gasteiger partial charge in [-0.1, -0.05) is 60.7 Å². The van der Waals surface area contributed by atoms with Crippen LogP contribution in [0.2, 0.25) is 0 Å². The molecule has 1 heterocycles. The lowest BCUT2D eigenvalue weighted by Gasteiger charge is -2.10. The van der Waals surface area contributed by atoms with Gasteiger partial charge < -0.3 is 0 Å². The summed E-state index contributed by atoms with van der Waals surface area (Å²) in [6.45, 7) is 0. The molecule has 0 N–H and O–H groups in total. The number of benzene rings is 2. The highest BCUT2D eigenvalue weighted by Gasteiger charge is 2.11. The van der Waals surface area contributed by atoms with Gasteiger partial charge in [0.2, 0.25) is 0 Å². The van der Waals surface area contributed by atoms with E-state index in [0.29, 0.717) is 23.3 Å². The third kappa shape index (κ3) is 3.80. The summed E-state index contributed by atoms with van der Waals surface area (Å²) in [7, 11) is 0. The summed E-state index contributed by atoms with van der Waals surface area (Å²) in [4.78, 5) is 5.42. The Hall–Kier alpha value is -2.57. The summed E-state index contributed by atoms with van der Waals surface area (Å²) in [5.74, 6) is 0. The zero-order valence-electron chi connectivity index (χ0n) is 12.6. The van der Waals surface area contributed by atoms with Gasteiger partial charge >= 0.3 is 0 Å². The summed E-state index contributed by atoms with van der Waals surface area (Å²) in [5.41, 5.74) is 4.68. The maximum Gasteiger partial charge on any atom is 0.100 e. The lowest BCUT2D eigenvalue weighted by atomic mass is 10.0. The van der Waals surface area contributed by atoms with Crippen molar-refractivity contribution in [3.05, 3.63) is 94.8 Å². The molecule has 3 aromatic rings. The van der Waals surface area contributed by atoms with E-state index in [2.05, 4.69) is 43.0 Å². The van der Waals surface area contributed by atoms with Crippen LogP contribution in [0.25, 0.3) is 0 Å². The molecule has 1 aromatic heterocycles. The summed E-state index contributed by atoms with van der Waals surface area (Å²) >= 11 is 4.51. The third-order valence-electron chi connectivity index (χ3n) is 3.68. The molecule has 0 radical (unpaired) electrons. The Morgan fingerprint density at radius 2 is 1.43 bits per heavy atom. The maximum absolute atomic E-state index is 9.37. The van der Waals surface area contributed by atoms with Crippen LogP contribution in [0.3, 0.4) is 0 Å². The monoisotopic (exact) mass is 316 g/mol.